The van der Waals surface area contributed by atoms with Gasteiger partial charge in [-0.1, -0.05) is 17.7 Å². The van der Waals surface area contributed by atoms with Gasteiger partial charge in [0.2, 0.25) is 0 Å². The molecule has 0 aliphatic heterocycles. The third-order valence-corrected chi connectivity index (χ3v) is 2.63. The van der Waals surface area contributed by atoms with Crippen molar-refractivity contribution in [3.63, 3.8) is 0 Å². The number of methoxy groups -OCH3 is 1. The number of hydrogen-bond acceptors (Lipinski definition) is 3. The van der Waals surface area contributed by atoms with E-state index < -0.39 is 5.97 Å². The maximum atomic E-state index is 11.2. The van der Waals surface area contributed by atoms with E-state index in [0.717, 1.165) is 5.56 Å². The van der Waals surface area contributed by atoms with Crippen LogP contribution in [0.3, 0.4) is 0 Å². The molecule has 0 heterocycles. The predicted octanol–water partition coefficient (Wildman–Crippen LogP) is 3.49. The van der Waals surface area contributed by atoms with Crippen molar-refractivity contribution in [2.24, 2.45) is 0 Å². The van der Waals surface area contributed by atoms with Crippen LogP contribution in [0.5, 0.6) is 17.2 Å². The van der Waals surface area contributed by atoms with Gasteiger partial charge < -0.3 is 14.6 Å². The molecule has 0 amide bonds. The van der Waals surface area contributed by atoms with E-state index in [1.165, 1.54) is 0 Å². The van der Waals surface area contributed by atoms with Crippen LogP contribution in [0.15, 0.2) is 42.5 Å². The van der Waals surface area contributed by atoms with E-state index in [2.05, 4.69) is 0 Å². The molecule has 2 rings (SSSR count). The molecule has 1 N–H and O–H groups in total. The van der Waals surface area contributed by atoms with Crippen LogP contribution >= 0.6 is 0 Å². The van der Waals surface area contributed by atoms with Crippen LogP contribution in [-0.2, 0) is 0 Å². The lowest BCUT2D eigenvalue weighted by Crippen LogP contribution is -2.00. The Bertz CT molecular complexity index is 605. The van der Waals surface area contributed by atoms with Crippen molar-refractivity contribution >= 4 is 5.97 Å². The second kappa shape index (κ2) is 5.44. The zero-order valence-corrected chi connectivity index (χ0v) is 10.7. The Kier molecular flexibility index (Phi) is 3.71. The Labute approximate surface area is 111 Å². The van der Waals surface area contributed by atoms with Crippen molar-refractivity contribution in [3.05, 3.63) is 53.6 Å². The van der Waals surface area contributed by atoms with Gasteiger partial charge >= 0.3 is 5.97 Å². The average molecular weight is 258 g/mol. The largest absolute Gasteiger partial charge is 0.497 e. The van der Waals surface area contributed by atoms with E-state index in [9.17, 15) is 4.79 Å². The number of hydrogen-bond donors (Lipinski definition) is 1. The van der Waals surface area contributed by atoms with Crippen molar-refractivity contribution in [1.29, 1.82) is 0 Å². The fourth-order valence-electron chi connectivity index (χ4n) is 1.69. The number of aromatic carboxylic acids is 1. The third-order valence-electron chi connectivity index (χ3n) is 2.63. The van der Waals surface area contributed by atoms with Crippen molar-refractivity contribution in [2.45, 2.75) is 6.92 Å². The second-order valence-electron chi connectivity index (χ2n) is 4.09. The summed E-state index contributed by atoms with van der Waals surface area (Å²) in [6.45, 7) is 1.84. The van der Waals surface area contributed by atoms with Crippen LogP contribution in [0.1, 0.15) is 15.9 Å². The Balaban J connectivity index is 2.34. The Morgan fingerprint density at radius 1 is 1.11 bits per heavy atom. The molecule has 19 heavy (non-hydrogen) atoms. The number of carbonyl (C=O) groups is 1. The highest BCUT2D eigenvalue weighted by Crippen LogP contribution is 2.28. The first-order chi connectivity index (χ1) is 9.10. The molecule has 4 heteroatoms. The molecule has 0 bridgehead atoms. The minimum Gasteiger partial charge on any atom is -0.497 e. The number of benzene rings is 2. The van der Waals surface area contributed by atoms with E-state index in [-0.39, 0.29) is 5.56 Å². The monoisotopic (exact) mass is 258 g/mol. The molecule has 0 aromatic heterocycles. The Hall–Kier alpha value is -2.49. The Morgan fingerprint density at radius 2 is 1.84 bits per heavy atom. The topological polar surface area (TPSA) is 55.8 Å². The SMILES string of the molecule is COc1cccc(Oc2ccc(C)cc2C(=O)O)c1. The summed E-state index contributed by atoms with van der Waals surface area (Å²) < 4.78 is 10.7. The van der Waals surface area contributed by atoms with Crippen LogP contribution in [0.25, 0.3) is 0 Å². The molecular formula is C15H14O4. The van der Waals surface area contributed by atoms with E-state index in [0.29, 0.717) is 17.2 Å². The standard InChI is InChI=1S/C15H14O4/c1-10-6-7-14(13(8-10)15(16)17)19-12-5-3-4-11(9-12)18-2/h3-9H,1-2H3,(H,16,17). The smallest absolute Gasteiger partial charge is 0.339 e. The molecule has 0 aliphatic rings. The molecule has 0 atom stereocenters. The van der Waals surface area contributed by atoms with Crippen molar-refractivity contribution in [3.8, 4) is 17.2 Å². The quantitative estimate of drug-likeness (QED) is 0.912. The lowest BCUT2D eigenvalue weighted by molar-refractivity contribution is 0.0694. The van der Waals surface area contributed by atoms with E-state index in [4.69, 9.17) is 14.6 Å². The molecule has 4 nitrogen and oxygen atoms in total. The molecule has 0 saturated heterocycles. The molecular weight excluding hydrogens is 244 g/mol. The van der Waals surface area contributed by atoms with Gasteiger partial charge in [-0.25, -0.2) is 4.79 Å². The number of aryl methyl sites for hydroxylation is 1. The zero-order valence-electron chi connectivity index (χ0n) is 10.7. The fraction of sp³-hybridized carbons (Fsp3) is 0.133. The minimum absolute atomic E-state index is 0.141. The minimum atomic E-state index is -1.01. The highest BCUT2D eigenvalue weighted by molar-refractivity contribution is 5.91. The highest BCUT2D eigenvalue weighted by Gasteiger charge is 2.12. The summed E-state index contributed by atoms with van der Waals surface area (Å²) in [4.78, 5) is 11.2. The van der Waals surface area contributed by atoms with E-state index in [1.54, 1.807) is 43.5 Å². The van der Waals surface area contributed by atoms with Gasteiger partial charge in [0.1, 0.15) is 22.8 Å². The number of carboxylic acids is 1. The maximum absolute atomic E-state index is 11.2. The lowest BCUT2D eigenvalue weighted by atomic mass is 10.1. The summed E-state index contributed by atoms with van der Waals surface area (Å²) in [5.74, 6) is 0.486. The molecule has 0 spiro atoms. The molecule has 0 saturated carbocycles. The van der Waals surface area contributed by atoms with Crippen LogP contribution in [0.4, 0.5) is 0 Å². The van der Waals surface area contributed by atoms with Gasteiger partial charge in [0.05, 0.1) is 7.11 Å². The van der Waals surface area contributed by atoms with Gasteiger partial charge in [-0.2, -0.15) is 0 Å². The van der Waals surface area contributed by atoms with Crippen LogP contribution in [0, 0.1) is 6.92 Å². The van der Waals surface area contributed by atoms with Crippen molar-refractivity contribution in [2.75, 3.05) is 7.11 Å². The Morgan fingerprint density at radius 3 is 2.53 bits per heavy atom. The molecule has 0 radical (unpaired) electrons. The first-order valence-electron chi connectivity index (χ1n) is 5.76. The summed E-state index contributed by atoms with van der Waals surface area (Å²) >= 11 is 0. The van der Waals surface area contributed by atoms with E-state index in [1.807, 2.05) is 13.0 Å². The molecule has 98 valence electrons. The van der Waals surface area contributed by atoms with Gasteiger partial charge in [-0.3, -0.25) is 0 Å². The van der Waals surface area contributed by atoms with Gasteiger partial charge in [0, 0.05) is 6.07 Å². The van der Waals surface area contributed by atoms with Crippen molar-refractivity contribution < 1.29 is 19.4 Å². The maximum Gasteiger partial charge on any atom is 0.339 e. The fourth-order valence-corrected chi connectivity index (χ4v) is 1.69. The summed E-state index contributed by atoms with van der Waals surface area (Å²) in [5.41, 5.74) is 1.01. The number of rotatable bonds is 4. The predicted molar refractivity (Wildman–Crippen MR) is 71.2 cm³/mol. The molecule has 0 fully saturated rings. The van der Waals surface area contributed by atoms with Gasteiger partial charge in [0.15, 0.2) is 0 Å². The summed E-state index contributed by atoms with van der Waals surface area (Å²) in [6.07, 6.45) is 0. The van der Waals surface area contributed by atoms with Crippen molar-refractivity contribution in [1.82, 2.24) is 0 Å². The first-order valence-corrected chi connectivity index (χ1v) is 5.76. The van der Waals surface area contributed by atoms with Gasteiger partial charge in [0.25, 0.3) is 0 Å². The lowest BCUT2D eigenvalue weighted by Gasteiger charge is -2.10. The van der Waals surface area contributed by atoms with Crippen LogP contribution < -0.4 is 9.47 Å². The highest BCUT2D eigenvalue weighted by atomic mass is 16.5. The first kappa shape index (κ1) is 13.0. The van der Waals surface area contributed by atoms with E-state index >= 15 is 0 Å². The normalized spacial score (nSPS) is 10.0. The number of ether oxygens (including phenoxy) is 2. The molecule has 0 aliphatic carbocycles. The number of carboxylic acid groups (broad SMARTS) is 1. The van der Waals surface area contributed by atoms with Gasteiger partial charge in [-0.05, 0) is 31.2 Å². The summed E-state index contributed by atoms with van der Waals surface area (Å²) in [7, 11) is 1.56. The van der Waals surface area contributed by atoms with Crippen LogP contribution in [0.2, 0.25) is 0 Å². The summed E-state index contributed by atoms with van der Waals surface area (Å²) in [5, 5.41) is 9.16. The second-order valence-corrected chi connectivity index (χ2v) is 4.09. The third kappa shape index (κ3) is 3.04. The average Bonchev–Trinajstić information content (AvgIpc) is 2.41. The molecule has 0 unspecified atom stereocenters. The molecule has 2 aromatic rings. The summed E-state index contributed by atoms with van der Waals surface area (Å²) in [6, 6.07) is 12.1. The molecule has 2 aromatic carbocycles. The van der Waals surface area contributed by atoms with Crippen LogP contribution in [-0.4, -0.2) is 18.2 Å². The van der Waals surface area contributed by atoms with Gasteiger partial charge in [-0.15, -0.1) is 0 Å². The zero-order chi connectivity index (χ0) is 13.8.